The number of benzene rings is 1. The Kier molecular flexibility index (Phi) is 6.28. The Bertz CT molecular complexity index is 724. The number of methoxy groups -OCH3 is 1. The van der Waals surface area contributed by atoms with Gasteiger partial charge in [-0.3, -0.25) is 4.99 Å². The van der Waals surface area contributed by atoms with Gasteiger partial charge in [0.15, 0.2) is 5.96 Å². The smallest absolute Gasteiger partial charge is 0.226 e. The summed E-state index contributed by atoms with van der Waals surface area (Å²) in [5, 5.41) is 3.43. The number of aryl methyl sites for hydroxylation is 1. The maximum Gasteiger partial charge on any atom is 0.226 e. The molecular weight excluding hydrogens is 328 g/mol. The van der Waals surface area contributed by atoms with Gasteiger partial charge in [0, 0.05) is 51.7 Å². The van der Waals surface area contributed by atoms with E-state index in [1.54, 1.807) is 13.4 Å². The van der Waals surface area contributed by atoms with Crippen LogP contribution >= 0.6 is 0 Å². The molecule has 140 valence electrons. The van der Waals surface area contributed by atoms with Gasteiger partial charge in [-0.15, -0.1) is 0 Å². The van der Waals surface area contributed by atoms with Gasteiger partial charge in [-0.1, -0.05) is 17.7 Å². The van der Waals surface area contributed by atoms with Gasteiger partial charge in [0.2, 0.25) is 5.89 Å². The number of hydrogen-bond acceptors (Lipinski definition) is 4. The Hall–Kier alpha value is -2.34. The van der Waals surface area contributed by atoms with E-state index in [0.717, 1.165) is 56.3 Å². The average Bonchev–Trinajstić information content (AvgIpc) is 3.30. The normalized spacial score (nSPS) is 17.7. The van der Waals surface area contributed by atoms with Crippen LogP contribution in [0.2, 0.25) is 0 Å². The van der Waals surface area contributed by atoms with Crippen molar-refractivity contribution < 1.29 is 9.15 Å². The van der Waals surface area contributed by atoms with E-state index in [1.165, 1.54) is 5.56 Å². The summed E-state index contributed by atoms with van der Waals surface area (Å²) in [6.07, 6.45) is 3.69. The van der Waals surface area contributed by atoms with Gasteiger partial charge in [0.05, 0.1) is 12.3 Å². The zero-order chi connectivity index (χ0) is 18.4. The van der Waals surface area contributed by atoms with E-state index in [-0.39, 0.29) is 0 Å². The topological polar surface area (TPSA) is 62.9 Å². The van der Waals surface area contributed by atoms with Crippen molar-refractivity contribution in [3.05, 3.63) is 41.8 Å². The largest absolute Gasteiger partial charge is 0.444 e. The van der Waals surface area contributed by atoms with E-state index in [9.17, 15) is 0 Å². The molecule has 6 heteroatoms. The summed E-state index contributed by atoms with van der Waals surface area (Å²) in [6, 6.07) is 8.21. The van der Waals surface area contributed by atoms with Crippen LogP contribution < -0.4 is 5.32 Å². The second-order valence-corrected chi connectivity index (χ2v) is 6.79. The van der Waals surface area contributed by atoms with E-state index in [2.05, 4.69) is 39.2 Å². The molecule has 1 saturated heterocycles. The minimum atomic E-state index is 0.589. The molecule has 1 aromatic heterocycles. The molecule has 26 heavy (non-hydrogen) atoms. The van der Waals surface area contributed by atoms with Gasteiger partial charge in [-0.2, -0.15) is 0 Å². The molecule has 1 aliphatic rings. The van der Waals surface area contributed by atoms with Gasteiger partial charge >= 0.3 is 0 Å². The average molecular weight is 356 g/mol. The molecule has 1 unspecified atom stereocenters. The first-order chi connectivity index (χ1) is 12.7. The second kappa shape index (κ2) is 8.85. The van der Waals surface area contributed by atoms with Crippen LogP contribution in [0, 0.1) is 12.8 Å². The highest BCUT2D eigenvalue weighted by molar-refractivity contribution is 5.80. The molecule has 1 atom stereocenters. The molecule has 0 aliphatic carbocycles. The minimum absolute atomic E-state index is 0.589. The van der Waals surface area contributed by atoms with Crippen LogP contribution in [-0.2, 0) is 11.2 Å². The van der Waals surface area contributed by atoms with E-state index < -0.39 is 0 Å². The number of nitrogens with one attached hydrogen (secondary N) is 1. The lowest BCUT2D eigenvalue weighted by Gasteiger charge is -2.21. The Morgan fingerprint density at radius 2 is 2.19 bits per heavy atom. The monoisotopic (exact) mass is 356 g/mol. The van der Waals surface area contributed by atoms with Crippen molar-refractivity contribution in [3.8, 4) is 11.5 Å². The number of aliphatic imine (C=N–C) groups is 1. The zero-order valence-electron chi connectivity index (χ0n) is 15.9. The number of ether oxygens (including phenoxy) is 1. The summed E-state index contributed by atoms with van der Waals surface area (Å²) in [5.74, 6) is 2.21. The first-order valence-electron chi connectivity index (χ1n) is 9.15. The Balaban J connectivity index is 1.49. The van der Waals surface area contributed by atoms with Crippen molar-refractivity contribution in [3.63, 3.8) is 0 Å². The highest BCUT2D eigenvalue weighted by atomic mass is 16.5. The molecule has 1 aliphatic heterocycles. The van der Waals surface area contributed by atoms with Crippen LogP contribution in [0.5, 0.6) is 0 Å². The van der Waals surface area contributed by atoms with Crippen LogP contribution in [0.3, 0.4) is 0 Å². The summed E-state index contributed by atoms with van der Waals surface area (Å²) < 4.78 is 10.9. The summed E-state index contributed by atoms with van der Waals surface area (Å²) in [7, 11) is 3.59. The SMILES string of the molecule is CN=C(NCCc1coc(-c2ccc(C)cc2)n1)N1CCC(COC)C1. The standard InChI is InChI=1S/C20H28N4O2/c1-15-4-6-17(7-5-15)19-23-18(14-26-19)8-10-22-20(21-2)24-11-9-16(12-24)13-25-3/h4-7,14,16H,8-13H2,1-3H3,(H,21,22). The Morgan fingerprint density at radius 1 is 1.38 bits per heavy atom. The molecule has 3 rings (SSSR count). The van der Waals surface area contributed by atoms with Crippen molar-refractivity contribution in [2.45, 2.75) is 19.8 Å². The molecule has 0 radical (unpaired) electrons. The van der Waals surface area contributed by atoms with Gasteiger partial charge in [-0.05, 0) is 25.5 Å². The maximum absolute atomic E-state index is 5.62. The van der Waals surface area contributed by atoms with E-state index in [0.29, 0.717) is 11.8 Å². The molecule has 6 nitrogen and oxygen atoms in total. The highest BCUT2D eigenvalue weighted by Crippen LogP contribution is 2.19. The Morgan fingerprint density at radius 3 is 2.92 bits per heavy atom. The van der Waals surface area contributed by atoms with Gasteiger partial charge in [-0.25, -0.2) is 4.98 Å². The third-order valence-corrected chi connectivity index (χ3v) is 4.71. The molecule has 1 aromatic carbocycles. The van der Waals surface area contributed by atoms with Gasteiger partial charge in [0.1, 0.15) is 6.26 Å². The van der Waals surface area contributed by atoms with Crippen LogP contribution in [-0.4, -0.2) is 56.2 Å². The number of guanidine groups is 1. The van der Waals surface area contributed by atoms with Crippen molar-refractivity contribution >= 4 is 5.96 Å². The van der Waals surface area contributed by atoms with E-state index in [1.807, 2.05) is 19.2 Å². The van der Waals surface area contributed by atoms with Crippen molar-refractivity contribution in [1.82, 2.24) is 15.2 Å². The lowest BCUT2D eigenvalue weighted by Crippen LogP contribution is -2.41. The molecule has 0 saturated carbocycles. The second-order valence-electron chi connectivity index (χ2n) is 6.79. The summed E-state index contributed by atoms with van der Waals surface area (Å²) >= 11 is 0. The lowest BCUT2D eigenvalue weighted by molar-refractivity contribution is 0.157. The molecule has 0 bridgehead atoms. The van der Waals surface area contributed by atoms with Crippen molar-refractivity contribution in [2.75, 3.05) is 40.4 Å². The van der Waals surface area contributed by atoms with Crippen LogP contribution in [0.4, 0.5) is 0 Å². The number of hydrogen-bond donors (Lipinski definition) is 1. The summed E-state index contributed by atoms with van der Waals surface area (Å²) in [4.78, 5) is 11.3. The van der Waals surface area contributed by atoms with E-state index in [4.69, 9.17) is 9.15 Å². The fraction of sp³-hybridized carbons (Fsp3) is 0.500. The number of likely N-dealkylation sites (tertiary alicyclic amines) is 1. The molecular formula is C20H28N4O2. The predicted octanol–water partition coefficient (Wildman–Crippen LogP) is 2.74. The molecule has 0 spiro atoms. The maximum atomic E-state index is 5.62. The molecule has 2 heterocycles. The quantitative estimate of drug-likeness (QED) is 0.637. The first-order valence-corrected chi connectivity index (χ1v) is 9.15. The van der Waals surface area contributed by atoms with Crippen molar-refractivity contribution in [2.24, 2.45) is 10.9 Å². The number of aromatic nitrogens is 1. The third kappa shape index (κ3) is 4.64. The Labute approximate surface area is 155 Å². The molecule has 2 aromatic rings. The third-order valence-electron chi connectivity index (χ3n) is 4.71. The predicted molar refractivity (Wildman–Crippen MR) is 103 cm³/mol. The summed E-state index contributed by atoms with van der Waals surface area (Å²) in [6.45, 7) is 5.68. The molecule has 1 N–H and O–H groups in total. The molecule has 1 fully saturated rings. The lowest BCUT2D eigenvalue weighted by atomic mass is 10.1. The fourth-order valence-electron chi connectivity index (χ4n) is 3.28. The van der Waals surface area contributed by atoms with Crippen LogP contribution in [0.25, 0.3) is 11.5 Å². The van der Waals surface area contributed by atoms with E-state index >= 15 is 0 Å². The highest BCUT2D eigenvalue weighted by Gasteiger charge is 2.24. The number of oxazole rings is 1. The molecule has 0 amide bonds. The number of rotatable bonds is 6. The van der Waals surface area contributed by atoms with Crippen molar-refractivity contribution in [1.29, 1.82) is 0 Å². The first kappa shape index (κ1) is 18.5. The zero-order valence-corrected chi connectivity index (χ0v) is 15.9. The number of nitrogens with zero attached hydrogens (tertiary/aromatic N) is 3. The van der Waals surface area contributed by atoms with Crippen LogP contribution in [0.1, 0.15) is 17.7 Å². The van der Waals surface area contributed by atoms with Gasteiger partial charge < -0.3 is 19.4 Å². The van der Waals surface area contributed by atoms with Gasteiger partial charge in [0.25, 0.3) is 0 Å². The minimum Gasteiger partial charge on any atom is -0.444 e. The summed E-state index contributed by atoms with van der Waals surface area (Å²) in [5.41, 5.74) is 3.18. The van der Waals surface area contributed by atoms with Crippen LogP contribution in [0.15, 0.2) is 39.9 Å². The fourth-order valence-corrected chi connectivity index (χ4v) is 3.28.